The second-order valence-corrected chi connectivity index (χ2v) is 9.32. The lowest BCUT2D eigenvalue weighted by Gasteiger charge is -2.20. The summed E-state index contributed by atoms with van der Waals surface area (Å²) in [5.41, 5.74) is -2.40. The maximum absolute atomic E-state index is 15.1. The van der Waals surface area contributed by atoms with Crippen molar-refractivity contribution in [1.29, 1.82) is 0 Å². The Bertz CT molecular complexity index is 1540. The number of nitrogens with one attached hydrogen (secondary N) is 1. The fourth-order valence-electron chi connectivity index (χ4n) is 4.58. The zero-order valence-electron chi connectivity index (χ0n) is 21.9. The molecule has 9 nitrogen and oxygen atoms in total. The van der Waals surface area contributed by atoms with Crippen LogP contribution in [0, 0.1) is 11.6 Å². The predicted octanol–water partition coefficient (Wildman–Crippen LogP) is 3.59. The molecule has 230 valence electrons. The van der Waals surface area contributed by atoms with Gasteiger partial charge in [0, 0.05) is 41.9 Å². The van der Waals surface area contributed by atoms with Crippen LogP contribution in [0.3, 0.4) is 0 Å². The van der Waals surface area contributed by atoms with Crippen molar-refractivity contribution in [2.45, 2.75) is 37.4 Å². The highest BCUT2D eigenvalue weighted by atomic mass is 19.4. The largest absolute Gasteiger partial charge is 0.497 e. The van der Waals surface area contributed by atoms with Gasteiger partial charge in [-0.3, -0.25) is 14.4 Å². The molecule has 16 heteroatoms. The summed E-state index contributed by atoms with van der Waals surface area (Å²) in [6.45, 7) is -4.92. The van der Waals surface area contributed by atoms with Crippen LogP contribution in [0.2, 0.25) is 0 Å². The summed E-state index contributed by atoms with van der Waals surface area (Å²) in [4.78, 5) is 40.4. The third-order valence-corrected chi connectivity index (χ3v) is 6.64. The molecule has 1 aliphatic rings. The van der Waals surface area contributed by atoms with E-state index in [2.05, 4.69) is 10.1 Å². The number of aliphatic hydroxyl groups is 1. The molecule has 0 spiro atoms. The van der Waals surface area contributed by atoms with Crippen molar-refractivity contribution in [2.24, 2.45) is 0 Å². The molecule has 0 aliphatic carbocycles. The van der Waals surface area contributed by atoms with Crippen molar-refractivity contribution in [1.82, 2.24) is 9.88 Å². The van der Waals surface area contributed by atoms with Gasteiger partial charge in [-0.25, -0.2) is 8.78 Å². The van der Waals surface area contributed by atoms with Crippen LogP contribution in [0.15, 0.2) is 59.5 Å². The van der Waals surface area contributed by atoms with Crippen molar-refractivity contribution in [2.75, 3.05) is 18.6 Å². The van der Waals surface area contributed by atoms with Gasteiger partial charge >= 0.3 is 12.8 Å². The number of amides is 2. The Morgan fingerprint density at radius 2 is 1.70 bits per heavy atom. The van der Waals surface area contributed by atoms with Crippen molar-refractivity contribution < 1.29 is 54.9 Å². The van der Waals surface area contributed by atoms with E-state index in [1.807, 2.05) is 0 Å². The van der Waals surface area contributed by atoms with E-state index in [0.717, 1.165) is 66.7 Å². The Hall–Kier alpha value is -4.60. The summed E-state index contributed by atoms with van der Waals surface area (Å²) in [6, 6.07) is 6.46. The fraction of sp³-hybridized carbons (Fsp3) is 0.296. The van der Waals surface area contributed by atoms with Crippen LogP contribution in [-0.2, 0) is 11.3 Å². The van der Waals surface area contributed by atoms with E-state index in [9.17, 15) is 41.4 Å². The number of ether oxygens (including phenoxy) is 2. The Kier molecular flexibility index (Phi) is 8.98. The lowest BCUT2D eigenvalue weighted by Crippen LogP contribution is -2.45. The van der Waals surface area contributed by atoms with Gasteiger partial charge in [0.2, 0.25) is 5.91 Å². The Morgan fingerprint density at radius 1 is 1.07 bits per heavy atom. The Morgan fingerprint density at radius 3 is 2.26 bits per heavy atom. The van der Waals surface area contributed by atoms with Gasteiger partial charge < -0.3 is 29.4 Å². The predicted molar refractivity (Wildman–Crippen MR) is 135 cm³/mol. The molecule has 43 heavy (non-hydrogen) atoms. The van der Waals surface area contributed by atoms with Gasteiger partial charge in [-0.1, -0.05) is 0 Å². The number of aliphatic hydroxyl groups excluding tert-OH is 1. The van der Waals surface area contributed by atoms with Gasteiger partial charge in [-0.2, -0.15) is 22.0 Å². The lowest BCUT2D eigenvalue weighted by molar-refractivity contribution is -0.207. The minimum absolute atomic E-state index is 0.148. The second-order valence-electron chi connectivity index (χ2n) is 9.32. The molecule has 0 bridgehead atoms. The molecule has 1 aromatic heterocycles. The van der Waals surface area contributed by atoms with Crippen molar-refractivity contribution >= 4 is 17.5 Å². The SMILES string of the molecule is COc1cc(F)c([C@@H]2CN(c3cccn(CC(O)C(F)(F)F)c3=O)C(=O)[C@H]2NC(=O)c2ccc(OC(F)F)cc2)c(F)c1. The number of carbonyl (C=O) groups excluding carboxylic acids is 2. The van der Waals surface area contributed by atoms with Gasteiger partial charge in [0.25, 0.3) is 11.5 Å². The normalized spacial score (nSPS) is 17.7. The number of benzene rings is 2. The van der Waals surface area contributed by atoms with E-state index in [-0.39, 0.29) is 17.1 Å². The summed E-state index contributed by atoms with van der Waals surface area (Å²) in [7, 11) is 1.16. The molecule has 1 fully saturated rings. The number of pyridine rings is 1. The van der Waals surface area contributed by atoms with Crippen molar-refractivity contribution in [3.8, 4) is 11.5 Å². The van der Waals surface area contributed by atoms with Gasteiger partial charge in [-0.05, 0) is 36.4 Å². The van der Waals surface area contributed by atoms with E-state index in [4.69, 9.17) is 4.74 Å². The second kappa shape index (κ2) is 12.3. The molecule has 1 unspecified atom stereocenters. The number of carbonyl (C=O) groups is 2. The summed E-state index contributed by atoms with van der Waals surface area (Å²) in [6.07, 6.45) is -7.01. The van der Waals surface area contributed by atoms with Gasteiger partial charge in [0.1, 0.15) is 34.9 Å². The molecule has 2 aromatic carbocycles. The quantitative estimate of drug-likeness (QED) is 0.356. The number of anilines is 1. The van der Waals surface area contributed by atoms with Crippen LogP contribution in [0.5, 0.6) is 11.5 Å². The first-order chi connectivity index (χ1) is 20.2. The number of halogens is 7. The third kappa shape index (κ3) is 6.74. The molecule has 2 N–H and O–H groups in total. The van der Waals surface area contributed by atoms with Crippen LogP contribution in [-0.4, -0.2) is 60.1 Å². The average molecular weight is 617 g/mol. The first-order valence-electron chi connectivity index (χ1n) is 12.4. The van der Waals surface area contributed by atoms with Crippen molar-refractivity contribution in [3.05, 3.63) is 87.8 Å². The zero-order chi connectivity index (χ0) is 31.6. The van der Waals surface area contributed by atoms with Crippen LogP contribution in [0.4, 0.5) is 36.4 Å². The number of aromatic nitrogens is 1. The van der Waals surface area contributed by atoms with E-state index >= 15 is 8.78 Å². The van der Waals surface area contributed by atoms with Gasteiger partial charge in [-0.15, -0.1) is 0 Å². The van der Waals surface area contributed by atoms with Crippen LogP contribution in [0.25, 0.3) is 0 Å². The monoisotopic (exact) mass is 617 g/mol. The van der Waals surface area contributed by atoms with Gasteiger partial charge in [0.15, 0.2) is 6.10 Å². The summed E-state index contributed by atoms with van der Waals surface area (Å²) >= 11 is 0. The van der Waals surface area contributed by atoms with Crippen molar-refractivity contribution in [3.63, 3.8) is 0 Å². The number of alkyl halides is 5. The first-order valence-corrected chi connectivity index (χ1v) is 12.4. The fourth-order valence-corrected chi connectivity index (χ4v) is 4.58. The summed E-state index contributed by atoms with van der Waals surface area (Å²) in [5.74, 6) is -6.21. The summed E-state index contributed by atoms with van der Waals surface area (Å²) in [5, 5.41) is 11.8. The average Bonchev–Trinajstić information content (AvgIpc) is 3.23. The number of hydrogen-bond donors (Lipinski definition) is 2. The van der Waals surface area contributed by atoms with Crippen LogP contribution >= 0.6 is 0 Å². The molecule has 3 atom stereocenters. The molecule has 0 saturated carbocycles. The highest BCUT2D eigenvalue weighted by Gasteiger charge is 2.46. The highest BCUT2D eigenvalue weighted by molar-refractivity contribution is 6.05. The molecule has 1 aliphatic heterocycles. The molecule has 2 amide bonds. The molecule has 3 aromatic rings. The van der Waals surface area contributed by atoms with Crippen LogP contribution in [0.1, 0.15) is 21.8 Å². The number of nitrogens with zero attached hydrogens (tertiary/aromatic N) is 2. The molecular formula is C27H22F7N3O6. The Labute approximate surface area is 238 Å². The number of rotatable bonds is 9. The van der Waals surface area contributed by atoms with Crippen LogP contribution < -0.4 is 25.2 Å². The minimum atomic E-state index is -5.05. The van der Waals surface area contributed by atoms with E-state index < -0.39 is 84.2 Å². The van der Waals surface area contributed by atoms with E-state index in [1.165, 1.54) is 0 Å². The van der Waals surface area contributed by atoms with Gasteiger partial charge in [0.05, 0.1) is 13.7 Å². The van der Waals surface area contributed by atoms with E-state index in [0.29, 0.717) is 4.57 Å². The standard InChI is InChI=1S/C27H22F7N3O6/c1-42-15-9-17(28)21(18(29)10-15)16-11-37(19-3-2-8-36(24(19)40)12-20(38)27(32,33)34)25(41)22(16)35-23(39)13-4-6-14(7-5-13)43-26(30)31/h2-10,16,20,22,26,38H,11-12H2,1H3,(H,35,39)/t16-,20?,22-/m0/s1. The number of hydrogen-bond acceptors (Lipinski definition) is 6. The highest BCUT2D eigenvalue weighted by Crippen LogP contribution is 2.36. The Balaban J connectivity index is 1.72. The molecule has 4 rings (SSSR count). The first kappa shape index (κ1) is 31.3. The molecular weight excluding hydrogens is 595 g/mol. The van der Waals surface area contributed by atoms with E-state index in [1.54, 1.807) is 0 Å². The molecule has 1 saturated heterocycles. The smallest absolute Gasteiger partial charge is 0.416 e. The third-order valence-electron chi connectivity index (χ3n) is 6.64. The lowest BCUT2D eigenvalue weighted by atomic mass is 9.92. The molecule has 2 heterocycles. The minimum Gasteiger partial charge on any atom is -0.497 e. The number of methoxy groups -OCH3 is 1. The zero-order valence-corrected chi connectivity index (χ0v) is 21.9. The topological polar surface area (TPSA) is 110 Å². The maximum Gasteiger partial charge on any atom is 0.416 e. The summed E-state index contributed by atoms with van der Waals surface area (Å²) < 4.78 is 103. The molecule has 0 radical (unpaired) electrons. The maximum atomic E-state index is 15.1.